The molecule has 6 N–H and O–H groups in total. The Balaban J connectivity index is 0.000000211. The van der Waals surface area contributed by atoms with Crippen LogP contribution in [0.2, 0.25) is 10.1 Å². The van der Waals surface area contributed by atoms with Gasteiger partial charge in [-0.15, -0.1) is 0 Å². The van der Waals surface area contributed by atoms with Crippen LogP contribution in [-0.2, 0) is 109 Å². The SMILES string of the molecule is Brc1c(NC2=NCCN2)ccc2c1=N[C+]=CN=2.C[C@H](O)C(=O)O[C@@H](C)C(=O)O[C@@H](C)C(=O)O[C@@H](C)C(=O)N1CCN=C1Nc1ccc2nccnc2c1Br.C[C@H](OC(=O)[C@H](C)OC(=O)[C@H](C)OC(=O)[C@H](C)O[Si](c1ccccc1)(c1ccccc1)C(C)(C)C)C(=O)O.C[C@H](OC(=O)[C@H](C)O[Si](c1ccccc1)(c1ccccc1)C(C)(C)C)C(=O)O[C@@H](C)C(=O)O[C@@H](C)C(=O)N1CCN=C1Nc1ccc2nccnc2c1Br. The first-order chi connectivity index (χ1) is 69.2. The number of carboxylic acid groups (broad SMARTS) is 1. The number of ether oxygens (including phenoxy) is 9. The Morgan fingerprint density at radius 3 is 1.03 bits per heavy atom. The molecule has 6 heterocycles. The maximum Gasteiger partial charge on any atom is 0.347 e. The van der Waals surface area contributed by atoms with Gasteiger partial charge in [-0.2, -0.15) is 4.99 Å². The summed E-state index contributed by atoms with van der Waals surface area (Å²) < 4.78 is 61.8. The fraction of sp³-hybridized carbons (Fsp3) is 0.376. The van der Waals surface area contributed by atoms with Crippen molar-refractivity contribution in [2.75, 3.05) is 55.2 Å². The molecule has 0 saturated carbocycles. The van der Waals surface area contributed by atoms with Crippen molar-refractivity contribution in [3.8, 4) is 0 Å². The Hall–Kier alpha value is -13.9. The van der Waals surface area contributed by atoms with Crippen LogP contribution in [0.4, 0.5) is 17.1 Å². The Bertz CT molecular complexity index is 6430. The summed E-state index contributed by atoms with van der Waals surface area (Å²) in [5.41, 5.74) is 4.78. The van der Waals surface area contributed by atoms with Gasteiger partial charge < -0.3 is 83.0 Å². The quantitative estimate of drug-likeness (QED) is 0.00989. The van der Waals surface area contributed by atoms with Gasteiger partial charge in [0, 0.05) is 49.4 Å². The highest BCUT2D eigenvalue weighted by atomic mass is 79.9. The molecule has 45 heteroatoms. The molecular formula is C101H115Br3N15O25Si2+. The van der Waals surface area contributed by atoms with E-state index in [9.17, 15) is 57.5 Å². The smallest absolute Gasteiger partial charge is 0.347 e. The third-order valence-corrected chi connectivity index (χ3v) is 35.2. The van der Waals surface area contributed by atoms with E-state index in [1.54, 1.807) is 69.1 Å². The van der Waals surface area contributed by atoms with Gasteiger partial charge in [0.25, 0.3) is 33.8 Å². The third kappa shape index (κ3) is 29.1. The third-order valence-electron chi connectivity index (χ3n) is 22.5. The highest BCUT2D eigenvalue weighted by Gasteiger charge is 2.54. The normalized spacial score (nSPS) is 15.6. The molecule has 772 valence electrons. The second-order valence-corrected chi connectivity index (χ2v) is 46.4. The van der Waals surface area contributed by atoms with Gasteiger partial charge in [0.2, 0.25) is 18.1 Å². The van der Waals surface area contributed by atoms with Crippen molar-refractivity contribution in [1.29, 1.82) is 0 Å². The minimum absolute atomic E-state index is 0.264. The average molecular weight is 2230 g/mol. The van der Waals surface area contributed by atoms with Gasteiger partial charge in [0.05, 0.1) is 56.7 Å². The highest BCUT2D eigenvalue weighted by molar-refractivity contribution is 9.11. The average Bonchev–Trinajstić information content (AvgIpc) is 1.02. The number of carboxylic acids is 1. The number of aliphatic carboxylic acids is 1. The number of aliphatic hydroxyl groups is 1. The molecule has 2 amide bonds. The van der Waals surface area contributed by atoms with Crippen molar-refractivity contribution >= 4 is 214 Å². The van der Waals surface area contributed by atoms with E-state index in [1.807, 2.05) is 133 Å². The van der Waals surface area contributed by atoms with Crippen LogP contribution in [0.3, 0.4) is 0 Å². The minimum atomic E-state index is -3.09. The summed E-state index contributed by atoms with van der Waals surface area (Å²) in [5, 5.41) is 35.4. The summed E-state index contributed by atoms with van der Waals surface area (Å²) in [6.07, 6.45) is -4.98. The summed E-state index contributed by atoms with van der Waals surface area (Å²) in [5.74, 6) is -9.53. The predicted octanol–water partition coefficient (Wildman–Crippen LogP) is 9.12. The number of rotatable bonds is 32. The van der Waals surface area contributed by atoms with Gasteiger partial charge >= 0.3 is 59.7 Å². The first-order valence-corrected chi connectivity index (χ1v) is 52.6. The van der Waals surface area contributed by atoms with Crippen LogP contribution >= 0.6 is 47.8 Å². The van der Waals surface area contributed by atoms with Crippen LogP contribution in [0, 0.1) is 6.20 Å². The van der Waals surface area contributed by atoms with E-state index >= 15 is 0 Å². The lowest BCUT2D eigenvalue weighted by Crippen LogP contribution is -2.68. The van der Waals surface area contributed by atoms with Crippen molar-refractivity contribution in [3.63, 3.8) is 0 Å². The van der Waals surface area contributed by atoms with E-state index in [4.69, 9.17) is 61.7 Å². The zero-order chi connectivity index (χ0) is 107. The molecule has 0 saturated heterocycles. The number of esters is 9. The number of nitrogens with one attached hydrogen (secondary N) is 4. The van der Waals surface area contributed by atoms with E-state index in [1.165, 1.54) is 79.0 Å². The lowest BCUT2D eigenvalue weighted by molar-refractivity contribution is -0.182. The van der Waals surface area contributed by atoms with Crippen LogP contribution in [-0.4, -0.2) is 258 Å². The fourth-order valence-electron chi connectivity index (χ4n) is 15.0. The number of hydrogen-bond donors (Lipinski definition) is 6. The second kappa shape index (κ2) is 51.7. The molecule has 0 spiro atoms. The number of aliphatic hydroxyl groups excluding tert-OH is 1. The lowest BCUT2D eigenvalue weighted by atomic mass is 10.2. The Kier molecular flexibility index (Phi) is 40.4. The first-order valence-electron chi connectivity index (χ1n) is 46.4. The molecule has 0 bridgehead atoms. The molecule has 40 nitrogen and oxygen atoms in total. The monoisotopic (exact) mass is 2230 g/mol. The Morgan fingerprint density at radius 2 is 0.699 bits per heavy atom. The molecule has 0 aliphatic carbocycles. The van der Waals surface area contributed by atoms with E-state index in [2.05, 4.69) is 162 Å². The van der Waals surface area contributed by atoms with Crippen LogP contribution in [0.15, 0.2) is 227 Å². The lowest BCUT2D eigenvalue weighted by Gasteiger charge is -2.44. The number of fused-ring (bicyclic) bond motifs is 3. The van der Waals surface area contributed by atoms with Gasteiger partial charge in [-0.25, -0.2) is 47.9 Å². The minimum Gasteiger partial charge on any atom is -0.479 e. The summed E-state index contributed by atoms with van der Waals surface area (Å²) in [4.78, 5) is 191. The number of carbonyl (C=O) groups is 12. The number of guanidine groups is 3. The standard InChI is InChI=1S/C39H44BrN5O8Si.C28H36O9Si.C23H26BrN5O8.C11H9BrN5/c1-24(34(46)45-23-22-43-38(45)44-30-18-19-31-33(32(30)40)42-21-20-41-31)50-35(47)25(2)51-36(48)26(3)52-37(49)27(4)53-54(39(5,6)7,28-14-10-8-11-15-28)29-16-12-9-13-17-29;1-18(24(29)30)34-25(31)19(2)35-26(32)20(3)36-27(33)21(4)37-38(28(5,6)7,22-14-10-8-11-15-22)23-16-12-9-13-17-23;1-11(30)20(32)36-13(3)22(34)37-14(4)21(33)35-12(2)19(31)29-10-9-27-23(29)28-15-5-6-16-18(17(15)24)26-8-7-25-16;12-9-7(17-11-15-5-6-16-11)1-2-8-10(9)14-4-3-13-8/h8-21,24-27H,22-23H2,1-7H3,(H,43,44);8-21H,1-7H3,(H,29,30);5-8,11-14,30H,9-10H2,1-4H3,(H,27,28);1-3H,5-6H2,(H2,15,16,17)/q;;;+1/t24-,25-,26-,27-;18-,19-,20-,21-;11-,12-,13-,14-;/m000./s1. The molecule has 0 radical (unpaired) electrons. The molecule has 0 fully saturated rings. The summed E-state index contributed by atoms with van der Waals surface area (Å²) in [7, 11) is -6.14. The number of aromatic nitrogens is 4. The second-order valence-electron chi connectivity index (χ2n) is 35.5. The van der Waals surface area contributed by atoms with Gasteiger partial charge in [-0.1, -0.05) is 163 Å². The number of nitrogens with zero attached hydrogens (tertiary/aromatic N) is 11. The molecule has 2 aromatic heterocycles. The van der Waals surface area contributed by atoms with Gasteiger partial charge in [-0.05, 0) is 198 Å². The van der Waals surface area contributed by atoms with E-state index in [0.29, 0.717) is 55.5 Å². The number of halogens is 3. The maximum absolute atomic E-state index is 13.4. The number of amides is 2. The molecule has 4 aliphatic rings. The molecule has 0 unspecified atom stereocenters. The van der Waals surface area contributed by atoms with Crippen LogP contribution in [0.1, 0.15) is 125 Å². The molecule has 12 atom stereocenters. The van der Waals surface area contributed by atoms with Crippen molar-refractivity contribution in [2.24, 2.45) is 25.0 Å². The summed E-state index contributed by atoms with van der Waals surface area (Å²) in [6.45, 7) is 31.4. The van der Waals surface area contributed by atoms with Crippen LogP contribution < -0.4 is 52.7 Å². The topological polar surface area (TPSA) is 515 Å². The van der Waals surface area contributed by atoms with Gasteiger partial charge in [0.1, 0.15) is 29.3 Å². The van der Waals surface area contributed by atoms with Gasteiger partial charge in [-0.3, -0.25) is 54.3 Å². The Labute approximate surface area is 869 Å². The number of aliphatic imine (C=N–C) groups is 3. The van der Waals surface area contributed by atoms with E-state index < -0.39 is 166 Å². The molecule has 9 aromatic rings. The first kappa shape index (κ1) is 114. The van der Waals surface area contributed by atoms with Crippen molar-refractivity contribution in [2.45, 2.75) is 208 Å². The maximum atomic E-state index is 13.4. The Morgan fingerprint density at radius 1 is 0.384 bits per heavy atom. The van der Waals surface area contributed by atoms with Crippen molar-refractivity contribution in [3.05, 3.63) is 219 Å². The molecule has 4 aliphatic heterocycles. The largest absolute Gasteiger partial charge is 0.479 e. The van der Waals surface area contributed by atoms with Crippen molar-refractivity contribution < 1.29 is 119 Å². The molecule has 146 heavy (non-hydrogen) atoms. The summed E-state index contributed by atoms with van der Waals surface area (Å²) >= 11 is 10.6. The van der Waals surface area contributed by atoms with E-state index in [0.717, 1.165) is 60.7 Å². The molecular weight excluding hydrogens is 2120 g/mol. The highest BCUT2D eigenvalue weighted by Crippen LogP contribution is 2.40. The molecule has 7 aromatic carbocycles. The van der Waals surface area contributed by atoms with Crippen LogP contribution in [0.25, 0.3) is 22.1 Å². The van der Waals surface area contributed by atoms with Crippen LogP contribution in [0.5, 0.6) is 0 Å². The number of carbonyl (C=O) groups excluding carboxylic acids is 11. The van der Waals surface area contributed by atoms with Crippen molar-refractivity contribution in [1.82, 2.24) is 35.1 Å². The predicted molar refractivity (Wildman–Crippen MR) is 554 cm³/mol. The fourth-order valence-corrected chi connectivity index (χ4v) is 25.8. The number of anilines is 3. The van der Waals surface area contributed by atoms with E-state index in [-0.39, 0.29) is 30.0 Å². The summed E-state index contributed by atoms with van der Waals surface area (Å²) in [6, 6.07) is 50.2. The zero-order valence-electron chi connectivity index (χ0n) is 83.4. The van der Waals surface area contributed by atoms with Gasteiger partial charge in [0.15, 0.2) is 76.9 Å². The zero-order valence-corrected chi connectivity index (χ0v) is 90.2. The number of hydrogen-bond acceptors (Lipinski definition) is 37. The molecule has 13 rings (SSSR count). The number of benzene rings is 7.